The lowest BCUT2D eigenvalue weighted by atomic mass is 10.2. The number of carbonyl (C=O) groups excluding carboxylic acids is 1. The summed E-state index contributed by atoms with van der Waals surface area (Å²) in [4.78, 5) is 20.0. The van der Waals surface area contributed by atoms with Crippen LogP contribution < -0.4 is 0 Å². The third-order valence-electron chi connectivity index (χ3n) is 4.51. The number of nitrogens with zero attached hydrogens (tertiary/aromatic N) is 3. The van der Waals surface area contributed by atoms with E-state index in [2.05, 4.69) is 10.1 Å². The number of hydrogen-bond donors (Lipinski definition) is 0. The van der Waals surface area contributed by atoms with Gasteiger partial charge in [-0.25, -0.2) is 4.39 Å². The second-order valence-electron chi connectivity index (χ2n) is 6.31. The Hall–Kier alpha value is -2.67. The standard InChI is InChI=1S/C20H18FN3O2S/c21-15-10-8-14(9-11-15)19-22-20(26-23-19)17-7-4-12-24(17)18(25)13-27-16-5-2-1-3-6-16/h1-3,5-6,8-11,17H,4,7,12-13H2. The van der Waals surface area contributed by atoms with E-state index in [4.69, 9.17) is 4.52 Å². The molecule has 0 bridgehead atoms. The van der Waals surface area contributed by atoms with Crippen LogP contribution in [0.1, 0.15) is 24.8 Å². The molecule has 1 aliphatic rings. The van der Waals surface area contributed by atoms with Crippen LogP contribution in [0.4, 0.5) is 4.39 Å². The molecule has 4 rings (SSSR count). The van der Waals surface area contributed by atoms with Gasteiger partial charge in [0.2, 0.25) is 17.6 Å². The molecule has 1 unspecified atom stereocenters. The summed E-state index contributed by atoms with van der Waals surface area (Å²) in [5.41, 5.74) is 0.682. The van der Waals surface area contributed by atoms with E-state index in [1.165, 1.54) is 23.9 Å². The van der Waals surface area contributed by atoms with Crippen molar-refractivity contribution >= 4 is 17.7 Å². The van der Waals surface area contributed by atoms with Crippen molar-refractivity contribution in [3.8, 4) is 11.4 Å². The zero-order valence-electron chi connectivity index (χ0n) is 14.5. The van der Waals surface area contributed by atoms with Crippen LogP contribution in [0.25, 0.3) is 11.4 Å². The Bertz CT molecular complexity index is 914. The molecule has 138 valence electrons. The Morgan fingerprint density at radius 2 is 1.96 bits per heavy atom. The van der Waals surface area contributed by atoms with Crippen molar-refractivity contribution in [3.05, 3.63) is 66.3 Å². The first kappa shape index (κ1) is 17.7. The van der Waals surface area contributed by atoms with Crippen molar-refractivity contribution in [1.29, 1.82) is 0 Å². The summed E-state index contributed by atoms with van der Waals surface area (Å²) >= 11 is 1.52. The average Bonchev–Trinajstić information content (AvgIpc) is 3.37. The molecule has 5 nitrogen and oxygen atoms in total. The predicted molar refractivity (Wildman–Crippen MR) is 101 cm³/mol. The number of amides is 1. The Balaban J connectivity index is 1.45. The summed E-state index contributed by atoms with van der Waals surface area (Å²) in [6.45, 7) is 0.688. The fourth-order valence-corrected chi connectivity index (χ4v) is 3.96. The van der Waals surface area contributed by atoms with E-state index in [1.807, 2.05) is 35.2 Å². The van der Waals surface area contributed by atoms with E-state index >= 15 is 0 Å². The number of hydrogen-bond acceptors (Lipinski definition) is 5. The number of benzene rings is 2. The summed E-state index contributed by atoms with van der Waals surface area (Å²) in [6.07, 6.45) is 1.70. The van der Waals surface area contributed by atoms with Crippen LogP contribution in [0.5, 0.6) is 0 Å². The minimum Gasteiger partial charge on any atom is -0.337 e. The molecule has 1 saturated heterocycles. The maximum Gasteiger partial charge on any atom is 0.249 e. The first-order valence-electron chi connectivity index (χ1n) is 8.77. The lowest BCUT2D eigenvalue weighted by Crippen LogP contribution is -2.32. The van der Waals surface area contributed by atoms with Crippen molar-refractivity contribution in [3.63, 3.8) is 0 Å². The maximum absolute atomic E-state index is 13.1. The number of aromatic nitrogens is 2. The fraction of sp³-hybridized carbons (Fsp3) is 0.250. The molecule has 1 atom stereocenters. The largest absolute Gasteiger partial charge is 0.337 e. The summed E-state index contributed by atoms with van der Waals surface area (Å²) in [5, 5.41) is 4.00. The van der Waals surface area contributed by atoms with Crippen LogP contribution >= 0.6 is 11.8 Å². The molecule has 0 saturated carbocycles. The van der Waals surface area contributed by atoms with Crippen molar-refractivity contribution in [2.45, 2.75) is 23.8 Å². The molecule has 1 aromatic heterocycles. The summed E-state index contributed by atoms with van der Waals surface area (Å²) in [7, 11) is 0. The van der Waals surface area contributed by atoms with Gasteiger partial charge in [-0.05, 0) is 49.2 Å². The molecule has 0 aliphatic carbocycles. The van der Waals surface area contributed by atoms with Gasteiger partial charge in [-0.3, -0.25) is 4.79 Å². The molecule has 0 N–H and O–H groups in total. The van der Waals surface area contributed by atoms with Gasteiger partial charge in [-0.15, -0.1) is 11.8 Å². The lowest BCUT2D eigenvalue weighted by molar-refractivity contribution is -0.129. The van der Waals surface area contributed by atoms with Gasteiger partial charge >= 0.3 is 0 Å². The topological polar surface area (TPSA) is 59.2 Å². The smallest absolute Gasteiger partial charge is 0.249 e. The van der Waals surface area contributed by atoms with Gasteiger partial charge < -0.3 is 9.42 Å². The van der Waals surface area contributed by atoms with E-state index < -0.39 is 0 Å². The molecule has 1 aliphatic heterocycles. The number of rotatable bonds is 5. The summed E-state index contributed by atoms with van der Waals surface area (Å²) in [6, 6.07) is 15.6. The van der Waals surface area contributed by atoms with Gasteiger partial charge in [0.1, 0.15) is 11.9 Å². The molecular formula is C20H18FN3O2S. The number of likely N-dealkylation sites (tertiary alicyclic amines) is 1. The third-order valence-corrected chi connectivity index (χ3v) is 5.50. The summed E-state index contributed by atoms with van der Waals surface area (Å²) in [5.74, 6) is 0.964. The normalized spacial score (nSPS) is 16.6. The van der Waals surface area contributed by atoms with Gasteiger partial charge in [0.05, 0.1) is 5.75 Å². The molecule has 3 aromatic rings. The van der Waals surface area contributed by atoms with Gasteiger partial charge in [0.25, 0.3) is 0 Å². The average molecular weight is 383 g/mol. The predicted octanol–water partition coefficient (Wildman–Crippen LogP) is 4.33. The first-order chi connectivity index (χ1) is 13.2. The third kappa shape index (κ3) is 4.03. The summed E-state index contributed by atoms with van der Waals surface area (Å²) < 4.78 is 18.5. The van der Waals surface area contributed by atoms with E-state index in [0.29, 0.717) is 29.6 Å². The zero-order valence-corrected chi connectivity index (χ0v) is 15.4. The Kier molecular flexibility index (Phi) is 5.20. The highest BCUT2D eigenvalue weighted by molar-refractivity contribution is 8.00. The van der Waals surface area contributed by atoms with Crippen LogP contribution in [0, 0.1) is 5.82 Å². The number of halogens is 1. The van der Waals surface area contributed by atoms with Gasteiger partial charge in [-0.2, -0.15) is 4.98 Å². The van der Waals surface area contributed by atoms with Crippen LogP contribution in [0.15, 0.2) is 64.0 Å². The minimum atomic E-state index is -0.314. The lowest BCUT2D eigenvalue weighted by Gasteiger charge is -2.21. The minimum absolute atomic E-state index is 0.0629. The first-order valence-corrected chi connectivity index (χ1v) is 9.76. The monoisotopic (exact) mass is 383 g/mol. The Morgan fingerprint density at radius 1 is 1.19 bits per heavy atom. The van der Waals surface area contributed by atoms with Crippen LogP contribution in [-0.4, -0.2) is 33.2 Å². The van der Waals surface area contributed by atoms with E-state index in [9.17, 15) is 9.18 Å². The van der Waals surface area contributed by atoms with E-state index in [-0.39, 0.29) is 17.8 Å². The molecule has 0 spiro atoms. The van der Waals surface area contributed by atoms with Crippen molar-refractivity contribution in [2.24, 2.45) is 0 Å². The van der Waals surface area contributed by atoms with Gasteiger partial charge in [-0.1, -0.05) is 23.4 Å². The molecule has 7 heteroatoms. The zero-order chi connectivity index (χ0) is 18.6. The highest BCUT2D eigenvalue weighted by Crippen LogP contribution is 2.33. The molecule has 1 fully saturated rings. The molecule has 0 radical (unpaired) electrons. The van der Waals surface area contributed by atoms with Gasteiger partial charge in [0, 0.05) is 17.0 Å². The molecule has 2 aromatic carbocycles. The highest BCUT2D eigenvalue weighted by Gasteiger charge is 2.34. The second kappa shape index (κ2) is 7.92. The van der Waals surface area contributed by atoms with Crippen LogP contribution in [-0.2, 0) is 4.79 Å². The number of thioether (sulfide) groups is 1. The van der Waals surface area contributed by atoms with E-state index in [0.717, 1.165) is 17.7 Å². The Morgan fingerprint density at radius 3 is 2.74 bits per heavy atom. The Labute approximate surface area is 160 Å². The SMILES string of the molecule is O=C(CSc1ccccc1)N1CCCC1c1nc(-c2ccc(F)cc2)no1. The van der Waals surface area contributed by atoms with Crippen LogP contribution in [0.2, 0.25) is 0 Å². The maximum atomic E-state index is 13.1. The molecule has 2 heterocycles. The molecular weight excluding hydrogens is 365 g/mol. The molecule has 1 amide bonds. The second-order valence-corrected chi connectivity index (χ2v) is 7.36. The van der Waals surface area contributed by atoms with Crippen molar-refractivity contribution in [1.82, 2.24) is 15.0 Å². The molecule has 27 heavy (non-hydrogen) atoms. The van der Waals surface area contributed by atoms with Gasteiger partial charge in [0.15, 0.2) is 0 Å². The number of carbonyl (C=O) groups is 1. The van der Waals surface area contributed by atoms with Crippen molar-refractivity contribution < 1.29 is 13.7 Å². The van der Waals surface area contributed by atoms with Crippen LogP contribution in [0.3, 0.4) is 0 Å². The fourth-order valence-electron chi connectivity index (χ4n) is 3.15. The van der Waals surface area contributed by atoms with Crippen molar-refractivity contribution in [2.75, 3.05) is 12.3 Å². The highest BCUT2D eigenvalue weighted by atomic mass is 32.2. The quantitative estimate of drug-likeness (QED) is 0.614. The van der Waals surface area contributed by atoms with E-state index in [1.54, 1.807) is 12.1 Å².